The highest BCUT2D eigenvalue weighted by Crippen LogP contribution is 2.36. The molecule has 4 nitrogen and oxygen atoms in total. The summed E-state index contributed by atoms with van der Waals surface area (Å²) in [6.07, 6.45) is 0. The van der Waals surface area contributed by atoms with Gasteiger partial charge in [0.2, 0.25) is 5.91 Å². The number of carbonyl (C=O) groups is 1. The SMILES string of the molecule is COc1ccc(-c2csc(NC(=O)C(C)C)c2)c(O)c1. The molecule has 106 valence electrons. The van der Waals surface area contributed by atoms with Crippen molar-refractivity contribution >= 4 is 22.2 Å². The summed E-state index contributed by atoms with van der Waals surface area (Å²) in [6.45, 7) is 3.69. The summed E-state index contributed by atoms with van der Waals surface area (Å²) >= 11 is 1.43. The number of ether oxygens (including phenoxy) is 1. The molecule has 0 saturated carbocycles. The first-order chi connectivity index (χ1) is 9.51. The molecule has 0 unspecified atom stereocenters. The van der Waals surface area contributed by atoms with E-state index in [2.05, 4.69) is 5.32 Å². The fourth-order valence-corrected chi connectivity index (χ4v) is 2.49. The predicted molar refractivity (Wildman–Crippen MR) is 81.4 cm³/mol. The van der Waals surface area contributed by atoms with Crippen molar-refractivity contribution < 1.29 is 14.6 Å². The maximum absolute atomic E-state index is 11.6. The molecule has 2 aromatic rings. The highest BCUT2D eigenvalue weighted by atomic mass is 32.1. The third-order valence-electron chi connectivity index (χ3n) is 2.89. The summed E-state index contributed by atoms with van der Waals surface area (Å²) in [5.41, 5.74) is 1.58. The monoisotopic (exact) mass is 291 g/mol. The molecule has 0 saturated heterocycles. The van der Waals surface area contributed by atoms with Crippen molar-refractivity contribution in [3.8, 4) is 22.6 Å². The van der Waals surface area contributed by atoms with Crippen molar-refractivity contribution in [1.82, 2.24) is 0 Å². The molecule has 0 radical (unpaired) electrons. The van der Waals surface area contributed by atoms with Crippen molar-refractivity contribution in [2.24, 2.45) is 5.92 Å². The van der Waals surface area contributed by atoms with Gasteiger partial charge in [-0.25, -0.2) is 0 Å². The second-order valence-corrected chi connectivity index (χ2v) is 5.64. The minimum atomic E-state index is -0.0602. The number of anilines is 1. The van der Waals surface area contributed by atoms with Crippen LogP contribution >= 0.6 is 11.3 Å². The highest BCUT2D eigenvalue weighted by Gasteiger charge is 2.11. The van der Waals surface area contributed by atoms with Crippen LogP contribution < -0.4 is 10.1 Å². The van der Waals surface area contributed by atoms with Crippen LogP contribution in [0.5, 0.6) is 11.5 Å². The van der Waals surface area contributed by atoms with Gasteiger partial charge < -0.3 is 15.2 Å². The van der Waals surface area contributed by atoms with E-state index in [9.17, 15) is 9.90 Å². The molecular weight excluding hydrogens is 274 g/mol. The molecule has 2 N–H and O–H groups in total. The molecule has 0 aliphatic carbocycles. The van der Waals surface area contributed by atoms with Crippen molar-refractivity contribution in [2.45, 2.75) is 13.8 Å². The molecule has 20 heavy (non-hydrogen) atoms. The lowest BCUT2D eigenvalue weighted by Crippen LogP contribution is -2.16. The number of aromatic hydroxyl groups is 1. The molecule has 1 aromatic carbocycles. The molecular formula is C15H17NO3S. The third-order valence-corrected chi connectivity index (χ3v) is 3.73. The molecule has 0 aliphatic heterocycles. The van der Waals surface area contributed by atoms with E-state index in [1.807, 2.05) is 25.3 Å². The van der Waals surface area contributed by atoms with Crippen LogP contribution in [0.25, 0.3) is 11.1 Å². The van der Waals surface area contributed by atoms with Crippen molar-refractivity contribution in [3.63, 3.8) is 0 Å². The lowest BCUT2D eigenvalue weighted by Gasteiger charge is -2.05. The Hall–Kier alpha value is -2.01. The van der Waals surface area contributed by atoms with E-state index in [1.54, 1.807) is 25.3 Å². The number of nitrogens with one attached hydrogen (secondary N) is 1. The van der Waals surface area contributed by atoms with Gasteiger partial charge >= 0.3 is 0 Å². The summed E-state index contributed by atoms with van der Waals surface area (Å²) in [5, 5.41) is 15.5. The third kappa shape index (κ3) is 3.11. The Kier molecular flexibility index (Phi) is 4.29. The predicted octanol–water partition coefficient (Wildman–Crippen LogP) is 3.72. The Bertz CT molecular complexity index is 619. The van der Waals surface area contributed by atoms with E-state index >= 15 is 0 Å². The molecule has 2 rings (SSSR count). The van der Waals surface area contributed by atoms with Gasteiger partial charge in [0.05, 0.1) is 12.1 Å². The zero-order valence-electron chi connectivity index (χ0n) is 11.6. The standard InChI is InChI=1S/C15H17NO3S/c1-9(2)15(18)16-14-6-10(8-20-14)12-5-4-11(19-3)7-13(12)17/h4-9,17H,1-3H3,(H,16,18). The highest BCUT2D eigenvalue weighted by molar-refractivity contribution is 7.14. The molecule has 1 amide bonds. The quantitative estimate of drug-likeness (QED) is 0.902. The molecule has 1 heterocycles. The van der Waals surface area contributed by atoms with Crippen LogP contribution in [0, 0.1) is 5.92 Å². The lowest BCUT2D eigenvalue weighted by atomic mass is 10.1. The number of phenolic OH excluding ortho intramolecular Hbond substituents is 1. The minimum Gasteiger partial charge on any atom is -0.507 e. The number of carbonyl (C=O) groups excluding carboxylic acids is 1. The normalized spacial score (nSPS) is 10.6. The Morgan fingerprint density at radius 3 is 2.70 bits per heavy atom. The van der Waals surface area contributed by atoms with Crippen LogP contribution in [-0.2, 0) is 4.79 Å². The smallest absolute Gasteiger partial charge is 0.227 e. The van der Waals surface area contributed by atoms with Gasteiger partial charge in [0.25, 0.3) is 0 Å². The summed E-state index contributed by atoms with van der Waals surface area (Å²) in [5.74, 6) is 0.686. The van der Waals surface area contributed by atoms with E-state index in [4.69, 9.17) is 4.74 Å². The number of amides is 1. The summed E-state index contributed by atoms with van der Waals surface area (Å²) in [4.78, 5) is 11.6. The van der Waals surface area contributed by atoms with E-state index in [0.29, 0.717) is 11.3 Å². The van der Waals surface area contributed by atoms with Crippen molar-refractivity contribution in [3.05, 3.63) is 29.6 Å². The Morgan fingerprint density at radius 2 is 2.10 bits per heavy atom. The average molecular weight is 291 g/mol. The molecule has 1 aromatic heterocycles. The minimum absolute atomic E-state index is 0.0163. The van der Waals surface area contributed by atoms with Gasteiger partial charge in [-0.15, -0.1) is 11.3 Å². The van der Waals surface area contributed by atoms with Gasteiger partial charge in [0.15, 0.2) is 0 Å². The Morgan fingerprint density at radius 1 is 1.35 bits per heavy atom. The zero-order chi connectivity index (χ0) is 14.7. The van der Waals surface area contributed by atoms with Crippen LogP contribution in [0.15, 0.2) is 29.6 Å². The number of phenols is 1. The number of methoxy groups -OCH3 is 1. The number of hydrogen-bond acceptors (Lipinski definition) is 4. The van der Waals surface area contributed by atoms with Crippen LogP contribution in [-0.4, -0.2) is 18.1 Å². The van der Waals surface area contributed by atoms with Gasteiger partial charge in [0.1, 0.15) is 11.5 Å². The summed E-state index contributed by atoms with van der Waals surface area (Å²) in [6, 6.07) is 7.01. The second kappa shape index (κ2) is 5.96. The largest absolute Gasteiger partial charge is 0.507 e. The first kappa shape index (κ1) is 14.4. The van der Waals surface area contributed by atoms with Crippen LogP contribution in [0.4, 0.5) is 5.00 Å². The molecule has 0 fully saturated rings. The zero-order valence-corrected chi connectivity index (χ0v) is 12.5. The maximum atomic E-state index is 11.6. The first-order valence-corrected chi connectivity index (χ1v) is 7.16. The van der Waals surface area contributed by atoms with Crippen molar-refractivity contribution in [1.29, 1.82) is 0 Å². The molecule has 0 bridgehead atoms. The van der Waals surface area contributed by atoms with Crippen LogP contribution in [0.1, 0.15) is 13.8 Å². The molecule has 0 aliphatic rings. The number of benzene rings is 1. The topological polar surface area (TPSA) is 58.6 Å². The fourth-order valence-electron chi connectivity index (χ4n) is 1.69. The number of thiophene rings is 1. The lowest BCUT2D eigenvalue weighted by molar-refractivity contribution is -0.118. The van der Waals surface area contributed by atoms with Gasteiger partial charge in [-0.3, -0.25) is 4.79 Å². The summed E-state index contributed by atoms with van der Waals surface area (Å²) in [7, 11) is 1.55. The Labute approximate surface area is 122 Å². The number of rotatable bonds is 4. The van der Waals surface area contributed by atoms with E-state index in [0.717, 1.165) is 10.6 Å². The molecule has 5 heteroatoms. The van der Waals surface area contributed by atoms with Gasteiger partial charge in [-0.2, -0.15) is 0 Å². The number of hydrogen-bond donors (Lipinski definition) is 2. The second-order valence-electron chi connectivity index (χ2n) is 4.73. The first-order valence-electron chi connectivity index (χ1n) is 6.28. The van der Waals surface area contributed by atoms with E-state index in [1.165, 1.54) is 11.3 Å². The fraction of sp³-hybridized carbons (Fsp3) is 0.267. The van der Waals surface area contributed by atoms with Gasteiger partial charge in [-0.1, -0.05) is 13.8 Å². The molecule has 0 atom stereocenters. The van der Waals surface area contributed by atoms with E-state index in [-0.39, 0.29) is 17.6 Å². The van der Waals surface area contributed by atoms with Crippen LogP contribution in [0.3, 0.4) is 0 Å². The van der Waals surface area contributed by atoms with Gasteiger partial charge in [0, 0.05) is 22.9 Å². The van der Waals surface area contributed by atoms with Crippen molar-refractivity contribution in [2.75, 3.05) is 12.4 Å². The van der Waals surface area contributed by atoms with Crippen LogP contribution in [0.2, 0.25) is 0 Å². The molecule has 0 spiro atoms. The van der Waals surface area contributed by atoms with Gasteiger partial charge in [-0.05, 0) is 23.8 Å². The summed E-state index contributed by atoms with van der Waals surface area (Å²) < 4.78 is 5.06. The Balaban J connectivity index is 2.22. The maximum Gasteiger partial charge on any atom is 0.227 e. The average Bonchev–Trinajstić information content (AvgIpc) is 2.86. The van der Waals surface area contributed by atoms with E-state index < -0.39 is 0 Å².